The van der Waals surface area contributed by atoms with Gasteiger partial charge in [-0.2, -0.15) is 24.4 Å². The van der Waals surface area contributed by atoms with Gasteiger partial charge in [-0.15, -0.1) is 0 Å². The van der Waals surface area contributed by atoms with Gasteiger partial charge >= 0.3 is 5.97 Å². The Morgan fingerprint density at radius 1 is 1.47 bits per heavy atom. The predicted octanol–water partition coefficient (Wildman–Crippen LogP) is 1.99. The van der Waals surface area contributed by atoms with E-state index in [1.807, 2.05) is 18.4 Å². The number of carboxylic acids is 1. The van der Waals surface area contributed by atoms with Gasteiger partial charge in [0.1, 0.15) is 6.04 Å². The summed E-state index contributed by atoms with van der Waals surface area (Å²) in [4.78, 5) is 24.9. The summed E-state index contributed by atoms with van der Waals surface area (Å²) in [5.74, 6) is 5.09. The van der Waals surface area contributed by atoms with E-state index in [0.29, 0.717) is 30.8 Å². The molecule has 2 rings (SSSR count). The van der Waals surface area contributed by atoms with Gasteiger partial charge in [0.2, 0.25) is 0 Å². The number of amides is 1. The Hall–Kier alpha value is -1.26. The maximum atomic E-state index is 13.2. The SMILES string of the molecule is COCCCc1c(C[C@@H]2NCC[C@@H]2S)cccc1C(=O)N(N)[C@@H](CCSC)C(=O)O. The van der Waals surface area contributed by atoms with Gasteiger partial charge in [0.15, 0.2) is 0 Å². The number of carboxylic acid groups (broad SMARTS) is 1. The van der Waals surface area contributed by atoms with Crippen molar-refractivity contribution in [3.8, 4) is 0 Å². The van der Waals surface area contributed by atoms with Crippen LogP contribution in [0, 0.1) is 0 Å². The molecule has 1 aromatic carbocycles. The summed E-state index contributed by atoms with van der Waals surface area (Å²) in [6.07, 6.45) is 5.38. The van der Waals surface area contributed by atoms with Gasteiger partial charge in [0, 0.05) is 30.6 Å². The summed E-state index contributed by atoms with van der Waals surface area (Å²) < 4.78 is 5.19. The zero-order chi connectivity index (χ0) is 22.1. The molecule has 7 nitrogen and oxygen atoms in total. The molecule has 1 saturated heterocycles. The minimum absolute atomic E-state index is 0.238. The van der Waals surface area contributed by atoms with Crippen molar-refractivity contribution in [2.24, 2.45) is 5.84 Å². The maximum Gasteiger partial charge on any atom is 0.328 e. The molecule has 0 saturated carbocycles. The largest absolute Gasteiger partial charge is 0.480 e. The van der Waals surface area contributed by atoms with Crippen molar-refractivity contribution in [3.63, 3.8) is 0 Å². The fourth-order valence-corrected chi connectivity index (χ4v) is 4.60. The summed E-state index contributed by atoms with van der Waals surface area (Å²) in [7, 11) is 1.65. The molecule has 0 bridgehead atoms. The third-order valence-corrected chi connectivity index (χ3v) is 6.74. The number of hydrazine groups is 1. The molecule has 3 atom stereocenters. The van der Waals surface area contributed by atoms with Crippen molar-refractivity contribution < 1.29 is 19.4 Å². The predicted molar refractivity (Wildman–Crippen MR) is 124 cm³/mol. The molecule has 9 heteroatoms. The summed E-state index contributed by atoms with van der Waals surface area (Å²) in [6, 6.07) is 4.79. The van der Waals surface area contributed by atoms with E-state index in [2.05, 4.69) is 17.9 Å². The first-order chi connectivity index (χ1) is 14.4. The van der Waals surface area contributed by atoms with Gasteiger partial charge < -0.3 is 15.2 Å². The maximum absolute atomic E-state index is 13.2. The Morgan fingerprint density at radius 2 is 2.23 bits per heavy atom. The van der Waals surface area contributed by atoms with Crippen LogP contribution < -0.4 is 11.2 Å². The van der Waals surface area contributed by atoms with Crippen LogP contribution in [0.1, 0.15) is 40.7 Å². The Morgan fingerprint density at radius 3 is 2.83 bits per heavy atom. The highest BCUT2D eigenvalue weighted by Gasteiger charge is 2.30. The Labute approximate surface area is 188 Å². The van der Waals surface area contributed by atoms with E-state index in [1.54, 1.807) is 13.2 Å². The molecule has 1 aliphatic rings. The molecular weight excluding hydrogens is 422 g/mol. The normalized spacial score (nSPS) is 19.6. The number of methoxy groups -OCH3 is 1. The molecule has 1 amide bonds. The molecular formula is C21H33N3O4S2. The van der Waals surface area contributed by atoms with E-state index < -0.39 is 17.9 Å². The number of ether oxygens (including phenoxy) is 1. The fraction of sp³-hybridized carbons (Fsp3) is 0.619. The highest BCUT2D eigenvalue weighted by molar-refractivity contribution is 7.98. The van der Waals surface area contributed by atoms with Gasteiger partial charge in [-0.3, -0.25) is 9.80 Å². The van der Waals surface area contributed by atoms with Gasteiger partial charge in [-0.25, -0.2) is 10.6 Å². The second-order valence-electron chi connectivity index (χ2n) is 7.51. The standard InChI is InChI=1S/C21H33N3O4S2/c1-28-11-4-7-15-14(13-17-19(29)8-10-23-17)5-3-6-16(15)20(25)24(22)18(21(26)27)9-12-30-2/h3,5-6,17-19,23,29H,4,7-13,22H2,1-2H3,(H,26,27)/t17-,18-,19-/m0/s1. The molecule has 0 spiro atoms. The Bertz CT molecular complexity index is 719. The topological polar surface area (TPSA) is 105 Å². The zero-order valence-electron chi connectivity index (χ0n) is 17.7. The van der Waals surface area contributed by atoms with Crippen LogP contribution in [0.3, 0.4) is 0 Å². The van der Waals surface area contributed by atoms with Crippen LogP contribution >= 0.6 is 24.4 Å². The number of nitrogens with zero attached hydrogens (tertiary/aromatic N) is 1. The first-order valence-electron chi connectivity index (χ1n) is 10.2. The molecule has 0 aliphatic carbocycles. The summed E-state index contributed by atoms with van der Waals surface area (Å²) in [6.45, 7) is 1.51. The third kappa shape index (κ3) is 6.62. The first-order valence-corrected chi connectivity index (χ1v) is 12.1. The molecule has 1 aromatic rings. The third-order valence-electron chi connectivity index (χ3n) is 5.48. The van der Waals surface area contributed by atoms with E-state index in [0.717, 1.165) is 41.9 Å². The molecule has 1 heterocycles. The van der Waals surface area contributed by atoms with Crippen molar-refractivity contribution >= 4 is 36.3 Å². The lowest BCUT2D eigenvalue weighted by atomic mass is 9.91. The lowest BCUT2D eigenvalue weighted by Gasteiger charge is -2.26. The molecule has 0 radical (unpaired) electrons. The molecule has 0 aromatic heterocycles. The summed E-state index contributed by atoms with van der Waals surface area (Å²) >= 11 is 6.20. The molecule has 0 unspecified atom stereocenters. The number of hydrogen-bond acceptors (Lipinski definition) is 7. The van der Waals surface area contributed by atoms with Crippen molar-refractivity contribution in [1.82, 2.24) is 10.3 Å². The number of thioether (sulfide) groups is 1. The number of nitrogens with two attached hydrogens (primary N) is 1. The number of rotatable bonds is 12. The van der Waals surface area contributed by atoms with E-state index in [4.69, 9.17) is 10.6 Å². The summed E-state index contributed by atoms with van der Waals surface area (Å²) in [5.41, 5.74) is 2.45. The number of aliphatic carboxylic acids is 1. The van der Waals surface area contributed by atoms with Gasteiger partial charge in [-0.05, 0) is 67.9 Å². The fourth-order valence-electron chi connectivity index (χ4n) is 3.81. The summed E-state index contributed by atoms with van der Waals surface area (Å²) in [5, 5.41) is 14.2. The minimum Gasteiger partial charge on any atom is -0.480 e. The van der Waals surface area contributed by atoms with Crippen molar-refractivity contribution in [3.05, 3.63) is 34.9 Å². The number of carbonyl (C=O) groups excluding carboxylic acids is 1. The quantitative estimate of drug-likeness (QED) is 0.126. The monoisotopic (exact) mass is 455 g/mol. The van der Waals surface area contributed by atoms with Crippen LogP contribution in [0.4, 0.5) is 0 Å². The van der Waals surface area contributed by atoms with E-state index >= 15 is 0 Å². The smallest absolute Gasteiger partial charge is 0.328 e. The molecule has 4 N–H and O–H groups in total. The van der Waals surface area contributed by atoms with Crippen LogP contribution in [0.15, 0.2) is 18.2 Å². The number of hydrogen-bond donors (Lipinski definition) is 4. The highest BCUT2D eigenvalue weighted by Crippen LogP contribution is 2.24. The van der Waals surface area contributed by atoms with Crippen LogP contribution in [0.25, 0.3) is 0 Å². The van der Waals surface area contributed by atoms with E-state index in [1.165, 1.54) is 11.8 Å². The molecule has 1 aliphatic heterocycles. The van der Waals surface area contributed by atoms with Crippen molar-refractivity contribution in [2.45, 2.75) is 49.4 Å². The van der Waals surface area contributed by atoms with Crippen molar-refractivity contribution in [2.75, 3.05) is 32.3 Å². The van der Waals surface area contributed by atoms with E-state index in [-0.39, 0.29) is 11.3 Å². The average molecular weight is 456 g/mol. The van der Waals surface area contributed by atoms with Gasteiger partial charge in [-0.1, -0.05) is 12.1 Å². The Kier molecular flexibility index (Phi) is 10.5. The van der Waals surface area contributed by atoms with E-state index in [9.17, 15) is 14.7 Å². The minimum atomic E-state index is -1.09. The number of nitrogens with one attached hydrogen (secondary N) is 1. The molecule has 168 valence electrons. The van der Waals surface area contributed by atoms with Gasteiger partial charge in [0.25, 0.3) is 5.91 Å². The number of carbonyl (C=O) groups is 2. The lowest BCUT2D eigenvalue weighted by molar-refractivity contribution is -0.142. The Balaban J connectivity index is 2.32. The highest BCUT2D eigenvalue weighted by atomic mass is 32.2. The van der Waals surface area contributed by atoms with Crippen LogP contribution in [0.2, 0.25) is 0 Å². The number of benzene rings is 1. The number of thiol groups is 1. The molecule has 30 heavy (non-hydrogen) atoms. The second kappa shape index (κ2) is 12.6. The lowest BCUT2D eigenvalue weighted by Crippen LogP contribution is -2.50. The van der Waals surface area contributed by atoms with Crippen LogP contribution in [0.5, 0.6) is 0 Å². The molecule has 1 fully saturated rings. The first kappa shape index (κ1) is 25.0. The second-order valence-corrected chi connectivity index (χ2v) is 9.16. The average Bonchev–Trinajstić information content (AvgIpc) is 3.13. The van der Waals surface area contributed by atoms with Crippen LogP contribution in [-0.2, 0) is 22.4 Å². The van der Waals surface area contributed by atoms with Crippen LogP contribution in [-0.4, -0.2) is 71.6 Å². The van der Waals surface area contributed by atoms with Crippen molar-refractivity contribution in [1.29, 1.82) is 0 Å². The zero-order valence-corrected chi connectivity index (χ0v) is 19.4. The van der Waals surface area contributed by atoms with Gasteiger partial charge in [0.05, 0.1) is 0 Å².